The zero-order valence-electron chi connectivity index (χ0n) is 13.2. The molecule has 1 aromatic rings. The van der Waals surface area contributed by atoms with Crippen LogP contribution in [0, 0.1) is 17.8 Å². The van der Waals surface area contributed by atoms with Gasteiger partial charge in [0, 0.05) is 5.71 Å². The standard InChI is InChI=1S/C17H24N2O2S/c1-12(2)9-13-4-7-16(8-5-13)22(20,21)19-18-17-11-14-3-6-15(17)10-14/h4-5,7-8,12,14-15,19H,3,6,9-11H2,1-2H3. The van der Waals surface area contributed by atoms with Crippen LogP contribution in [-0.4, -0.2) is 14.1 Å². The molecule has 2 unspecified atom stereocenters. The highest BCUT2D eigenvalue weighted by atomic mass is 32.2. The smallest absolute Gasteiger partial charge is 0.200 e. The third-order valence-electron chi connectivity index (χ3n) is 4.70. The van der Waals surface area contributed by atoms with E-state index >= 15 is 0 Å². The maximum Gasteiger partial charge on any atom is 0.276 e. The van der Waals surface area contributed by atoms with Crippen LogP contribution in [0.4, 0.5) is 0 Å². The first-order valence-corrected chi connectivity index (χ1v) is 9.59. The molecule has 1 N–H and O–H groups in total. The Morgan fingerprint density at radius 1 is 1.23 bits per heavy atom. The Hall–Kier alpha value is -1.36. The van der Waals surface area contributed by atoms with Crippen LogP contribution in [0.25, 0.3) is 0 Å². The molecule has 0 aliphatic heterocycles. The van der Waals surface area contributed by atoms with E-state index in [1.165, 1.54) is 12.8 Å². The second kappa shape index (κ2) is 6.03. The number of nitrogens with one attached hydrogen (secondary N) is 1. The second-order valence-electron chi connectivity index (χ2n) is 7.02. The molecule has 3 rings (SSSR count). The van der Waals surface area contributed by atoms with Gasteiger partial charge in [-0.15, -0.1) is 0 Å². The highest BCUT2D eigenvalue weighted by Crippen LogP contribution is 2.42. The average molecular weight is 320 g/mol. The van der Waals surface area contributed by atoms with Crippen LogP contribution in [0.5, 0.6) is 0 Å². The van der Waals surface area contributed by atoms with Crippen molar-refractivity contribution in [3.05, 3.63) is 29.8 Å². The Morgan fingerprint density at radius 2 is 1.95 bits per heavy atom. The van der Waals surface area contributed by atoms with Gasteiger partial charge in [0.15, 0.2) is 0 Å². The Labute approximate surface area is 133 Å². The zero-order valence-corrected chi connectivity index (χ0v) is 14.1. The summed E-state index contributed by atoms with van der Waals surface area (Å²) >= 11 is 0. The Kier molecular flexibility index (Phi) is 4.26. The van der Waals surface area contributed by atoms with Crippen LogP contribution in [0.3, 0.4) is 0 Å². The molecular formula is C17H24N2O2S. The molecule has 0 heterocycles. The van der Waals surface area contributed by atoms with Crippen molar-refractivity contribution in [1.82, 2.24) is 4.83 Å². The summed E-state index contributed by atoms with van der Waals surface area (Å²) in [4.78, 5) is 2.71. The normalized spacial score (nSPS) is 26.0. The largest absolute Gasteiger partial charge is 0.276 e. The predicted molar refractivity (Wildman–Crippen MR) is 88.2 cm³/mol. The fourth-order valence-corrected chi connectivity index (χ4v) is 4.45. The van der Waals surface area contributed by atoms with E-state index in [4.69, 9.17) is 0 Å². The van der Waals surface area contributed by atoms with Gasteiger partial charge in [-0.25, -0.2) is 4.83 Å². The molecule has 0 spiro atoms. The Morgan fingerprint density at radius 3 is 2.50 bits per heavy atom. The Bertz CT molecular complexity index is 662. The molecule has 0 saturated heterocycles. The van der Waals surface area contributed by atoms with Gasteiger partial charge in [0.05, 0.1) is 4.90 Å². The molecule has 4 nitrogen and oxygen atoms in total. The summed E-state index contributed by atoms with van der Waals surface area (Å²) in [6, 6.07) is 7.11. The van der Waals surface area contributed by atoms with Gasteiger partial charge >= 0.3 is 0 Å². The van der Waals surface area contributed by atoms with Crippen molar-refractivity contribution in [3.8, 4) is 0 Å². The van der Waals surface area contributed by atoms with Crippen LogP contribution in [-0.2, 0) is 16.4 Å². The summed E-state index contributed by atoms with van der Waals surface area (Å²) < 4.78 is 24.6. The monoisotopic (exact) mass is 320 g/mol. The van der Waals surface area contributed by atoms with Crippen molar-refractivity contribution in [2.24, 2.45) is 22.9 Å². The lowest BCUT2D eigenvalue weighted by Gasteiger charge is -2.12. The van der Waals surface area contributed by atoms with Gasteiger partial charge in [0.1, 0.15) is 0 Å². The first kappa shape index (κ1) is 15.5. The topological polar surface area (TPSA) is 58.5 Å². The van der Waals surface area contributed by atoms with Gasteiger partial charge in [-0.2, -0.15) is 13.5 Å². The van der Waals surface area contributed by atoms with Crippen LogP contribution in [0.15, 0.2) is 34.3 Å². The van der Waals surface area contributed by atoms with Crippen LogP contribution < -0.4 is 4.83 Å². The van der Waals surface area contributed by atoms with Crippen molar-refractivity contribution >= 4 is 15.7 Å². The highest BCUT2D eigenvalue weighted by molar-refractivity contribution is 7.89. The molecule has 5 heteroatoms. The fraction of sp³-hybridized carbons (Fsp3) is 0.588. The van der Waals surface area contributed by atoms with Crippen molar-refractivity contribution < 1.29 is 8.42 Å². The molecule has 2 bridgehead atoms. The third-order valence-corrected chi connectivity index (χ3v) is 5.92. The number of hydrogen-bond acceptors (Lipinski definition) is 3. The van der Waals surface area contributed by atoms with Crippen LogP contribution >= 0.6 is 0 Å². The lowest BCUT2D eigenvalue weighted by Crippen LogP contribution is -2.22. The molecular weight excluding hydrogens is 296 g/mol. The average Bonchev–Trinajstić information content (AvgIpc) is 3.08. The number of sulfonamides is 1. The summed E-state index contributed by atoms with van der Waals surface area (Å²) in [5, 5.41) is 4.20. The quantitative estimate of drug-likeness (QED) is 0.846. The van der Waals surface area contributed by atoms with E-state index in [2.05, 4.69) is 23.8 Å². The minimum absolute atomic E-state index is 0.285. The zero-order chi connectivity index (χ0) is 15.7. The van der Waals surface area contributed by atoms with Crippen molar-refractivity contribution in [3.63, 3.8) is 0 Å². The molecule has 0 radical (unpaired) electrons. The molecule has 1 aromatic carbocycles. The van der Waals surface area contributed by atoms with Crippen molar-refractivity contribution in [2.75, 3.05) is 0 Å². The van der Waals surface area contributed by atoms with E-state index in [0.29, 0.717) is 11.8 Å². The van der Waals surface area contributed by atoms with Crippen molar-refractivity contribution in [2.45, 2.75) is 50.8 Å². The van der Waals surface area contributed by atoms with Gasteiger partial charge in [-0.05, 0) is 67.6 Å². The van der Waals surface area contributed by atoms with Gasteiger partial charge < -0.3 is 0 Å². The molecule has 2 aliphatic rings. The molecule has 2 atom stereocenters. The van der Waals surface area contributed by atoms with E-state index in [9.17, 15) is 8.42 Å². The number of fused-ring (bicyclic) bond motifs is 2. The predicted octanol–water partition coefficient (Wildman–Crippen LogP) is 3.34. The van der Waals surface area contributed by atoms with E-state index < -0.39 is 10.0 Å². The highest BCUT2D eigenvalue weighted by Gasteiger charge is 2.36. The van der Waals surface area contributed by atoms with E-state index in [1.807, 2.05) is 12.1 Å². The fourth-order valence-electron chi connectivity index (χ4n) is 3.61. The molecule has 2 fully saturated rings. The minimum Gasteiger partial charge on any atom is -0.200 e. The Balaban J connectivity index is 1.69. The number of benzene rings is 1. The van der Waals surface area contributed by atoms with Gasteiger partial charge in [-0.3, -0.25) is 0 Å². The van der Waals surface area contributed by atoms with Crippen LogP contribution in [0.2, 0.25) is 0 Å². The maximum absolute atomic E-state index is 12.3. The maximum atomic E-state index is 12.3. The molecule has 0 amide bonds. The molecule has 0 aromatic heterocycles. The minimum atomic E-state index is -3.55. The SMILES string of the molecule is CC(C)Cc1ccc(S(=O)(=O)NN=C2CC3CCC2C3)cc1. The van der Waals surface area contributed by atoms with E-state index in [0.717, 1.165) is 36.5 Å². The number of hydrogen-bond donors (Lipinski definition) is 1. The van der Waals surface area contributed by atoms with Crippen molar-refractivity contribution in [1.29, 1.82) is 0 Å². The van der Waals surface area contributed by atoms with E-state index in [-0.39, 0.29) is 4.90 Å². The molecule has 120 valence electrons. The number of hydrazone groups is 1. The van der Waals surface area contributed by atoms with Crippen LogP contribution in [0.1, 0.15) is 45.1 Å². The summed E-state index contributed by atoms with van der Waals surface area (Å²) in [6.45, 7) is 4.30. The van der Waals surface area contributed by atoms with E-state index in [1.54, 1.807) is 12.1 Å². The number of rotatable bonds is 5. The number of nitrogens with zero attached hydrogens (tertiary/aromatic N) is 1. The molecule has 2 aliphatic carbocycles. The summed E-state index contributed by atoms with van der Waals surface area (Å²) in [6.07, 6.45) is 5.53. The molecule has 22 heavy (non-hydrogen) atoms. The van der Waals surface area contributed by atoms with Gasteiger partial charge in [0.2, 0.25) is 0 Å². The lowest BCUT2D eigenvalue weighted by molar-refractivity contribution is 0.579. The summed E-state index contributed by atoms with van der Waals surface area (Å²) in [5.41, 5.74) is 2.20. The van der Waals surface area contributed by atoms with Gasteiger partial charge in [0.25, 0.3) is 10.0 Å². The lowest BCUT2D eigenvalue weighted by atomic mass is 9.99. The first-order valence-electron chi connectivity index (χ1n) is 8.11. The van der Waals surface area contributed by atoms with Gasteiger partial charge in [-0.1, -0.05) is 26.0 Å². The first-order chi connectivity index (χ1) is 10.4. The molecule has 2 saturated carbocycles. The third kappa shape index (κ3) is 3.35. The summed E-state index contributed by atoms with van der Waals surface area (Å²) in [5.74, 6) is 1.79. The second-order valence-corrected chi connectivity index (χ2v) is 8.68. The summed E-state index contributed by atoms with van der Waals surface area (Å²) in [7, 11) is -3.55.